The van der Waals surface area contributed by atoms with Crippen LogP contribution in [0, 0.1) is 0 Å². The van der Waals surface area contributed by atoms with Gasteiger partial charge in [-0.2, -0.15) is 0 Å². The van der Waals surface area contributed by atoms with Crippen LogP contribution >= 0.6 is 0 Å². The summed E-state index contributed by atoms with van der Waals surface area (Å²) in [7, 11) is 0. The number of nitrogens with zero attached hydrogens (tertiary/aromatic N) is 3. The molecule has 5 rings (SSSR count). The van der Waals surface area contributed by atoms with Crippen molar-refractivity contribution in [2.75, 3.05) is 6.54 Å². The molecule has 6 nitrogen and oxygen atoms in total. The number of fused-ring (bicyclic) bond motifs is 2. The van der Waals surface area contributed by atoms with E-state index in [9.17, 15) is 4.79 Å². The number of nitrogens with one attached hydrogen (secondary N) is 2. The molecule has 0 amide bonds. The summed E-state index contributed by atoms with van der Waals surface area (Å²) >= 11 is 0. The molecule has 0 saturated heterocycles. The number of rotatable bonds is 3. The molecule has 0 spiro atoms. The summed E-state index contributed by atoms with van der Waals surface area (Å²) in [5.74, 6) is 0.608. The predicted molar refractivity (Wildman–Crippen MR) is 104 cm³/mol. The summed E-state index contributed by atoms with van der Waals surface area (Å²) in [6, 6.07) is 12.3. The van der Waals surface area contributed by atoms with E-state index in [4.69, 9.17) is 4.98 Å². The molecular formula is C21H19N5O. The maximum Gasteiger partial charge on any atom is 0.254 e. The number of aromatic nitrogens is 4. The Balaban J connectivity index is 1.42. The molecule has 27 heavy (non-hydrogen) atoms. The van der Waals surface area contributed by atoms with E-state index in [1.165, 1.54) is 10.9 Å². The van der Waals surface area contributed by atoms with Crippen LogP contribution in [0.15, 0.2) is 59.8 Å². The zero-order valence-corrected chi connectivity index (χ0v) is 14.8. The van der Waals surface area contributed by atoms with Crippen LogP contribution in [0.5, 0.6) is 0 Å². The van der Waals surface area contributed by atoms with Crippen LogP contribution in [0.4, 0.5) is 0 Å². The third-order valence-corrected chi connectivity index (χ3v) is 5.13. The molecule has 0 fully saturated rings. The molecule has 2 N–H and O–H groups in total. The average Bonchev–Trinajstić information content (AvgIpc) is 3.16. The Morgan fingerprint density at radius 2 is 2.00 bits per heavy atom. The van der Waals surface area contributed by atoms with Gasteiger partial charge < -0.3 is 9.97 Å². The number of H-pyrrole nitrogens is 2. The van der Waals surface area contributed by atoms with Gasteiger partial charge in [0.25, 0.3) is 5.56 Å². The molecule has 1 aliphatic heterocycles. The minimum atomic E-state index is -0.0276. The molecule has 0 saturated carbocycles. The minimum Gasteiger partial charge on any atom is -0.361 e. The first-order valence-corrected chi connectivity index (χ1v) is 9.07. The Morgan fingerprint density at radius 1 is 1.11 bits per heavy atom. The van der Waals surface area contributed by atoms with Gasteiger partial charge in [-0.05, 0) is 47.7 Å². The largest absolute Gasteiger partial charge is 0.361 e. The van der Waals surface area contributed by atoms with Crippen LogP contribution < -0.4 is 5.56 Å². The standard InChI is InChI=1S/C21H19N5O/c27-21-17-6-10-26(12-14-1-2-18-16(11-14)5-9-23-18)13-19(17)24-20(25-21)15-3-7-22-8-4-15/h1-5,7-9,11,23H,6,10,12-13H2,(H,24,25,27). The van der Waals surface area contributed by atoms with E-state index in [1.54, 1.807) is 12.4 Å². The smallest absolute Gasteiger partial charge is 0.254 e. The van der Waals surface area contributed by atoms with Crippen molar-refractivity contribution in [1.29, 1.82) is 0 Å². The maximum absolute atomic E-state index is 12.5. The molecule has 4 heterocycles. The second-order valence-electron chi connectivity index (χ2n) is 6.94. The maximum atomic E-state index is 12.5. The van der Waals surface area contributed by atoms with Crippen LogP contribution in [0.3, 0.4) is 0 Å². The van der Waals surface area contributed by atoms with Crippen molar-refractivity contribution in [3.63, 3.8) is 0 Å². The average molecular weight is 357 g/mol. The second kappa shape index (κ2) is 6.48. The lowest BCUT2D eigenvalue weighted by Gasteiger charge is -2.27. The van der Waals surface area contributed by atoms with E-state index in [0.717, 1.165) is 41.8 Å². The fourth-order valence-electron chi connectivity index (χ4n) is 3.73. The first-order valence-electron chi connectivity index (χ1n) is 9.07. The Morgan fingerprint density at radius 3 is 2.89 bits per heavy atom. The highest BCUT2D eigenvalue weighted by molar-refractivity contribution is 5.79. The van der Waals surface area contributed by atoms with Gasteiger partial charge in [-0.15, -0.1) is 0 Å². The van der Waals surface area contributed by atoms with Crippen LogP contribution in [0.25, 0.3) is 22.3 Å². The summed E-state index contributed by atoms with van der Waals surface area (Å²) in [5.41, 5.74) is 4.95. The van der Waals surface area contributed by atoms with Gasteiger partial charge in [-0.3, -0.25) is 14.7 Å². The molecule has 0 unspecified atom stereocenters. The lowest BCUT2D eigenvalue weighted by molar-refractivity contribution is 0.240. The van der Waals surface area contributed by atoms with Gasteiger partial charge in [0.2, 0.25) is 0 Å². The molecule has 3 aromatic heterocycles. The second-order valence-corrected chi connectivity index (χ2v) is 6.94. The van der Waals surface area contributed by atoms with Gasteiger partial charge >= 0.3 is 0 Å². The van der Waals surface area contributed by atoms with Gasteiger partial charge in [0, 0.05) is 54.9 Å². The van der Waals surface area contributed by atoms with Crippen molar-refractivity contribution >= 4 is 10.9 Å². The SMILES string of the molecule is O=c1[nH]c(-c2ccncc2)nc2c1CCN(Cc1ccc3[nH]ccc3c1)C2. The van der Waals surface area contributed by atoms with Crippen molar-refractivity contribution in [2.24, 2.45) is 0 Å². The number of hydrogen-bond donors (Lipinski definition) is 2. The number of pyridine rings is 1. The highest BCUT2D eigenvalue weighted by Gasteiger charge is 2.21. The molecule has 4 aromatic rings. The quantitative estimate of drug-likeness (QED) is 0.591. The van der Waals surface area contributed by atoms with E-state index < -0.39 is 0 Å². The molecule has 0 aliphatic carbocycles. The van der Waals surface area contributed by atoms with Crippen molar-refractivity contribution in [2.45, 2.75) is 19.5 Å². The first-order chi connectivity index (χ1) is 13.3. The van der Waals surface area contributed by atoms with E-state index in [2.05, 4.69) is 44.1 Å². The zero-order valence-electron chi connectivity index (χ0n) is 14.8. The molecule has 0 atom stereocenters. The summed E-state index contributed by atoms with van der Waals surface area (Å²) in [4.78, 5) is 29.8. The van der Waals surface area contributed by atoms with Crippen LogP contribution in [-0.2, 0) is 19.5 Å². The molecule has 0 radical (unpaired) electrons. The first kappa shape index (κ1) is 16.0. The van der Waals surface area contributed by atoms with Crippen LogP contribution in [0.1, 0.15) is 16.8 Å². The fourth-order valence-corrected chi connectivity index (χ4v) is 3.73. The van der Waals surface area contributed by atoms with E-state index in [1.807, 2.05) is 18.3 Å². The van der Waals surface area contributed by atoms with Crippen molar-refractivity contribution < 1.29 is 0 Å². The van der Waals surface area contributed by atoms with Gasteiger partial charge in [0.15, 0.2) is 0 Å². The Hall–Kier alpha value is -3.25. The van der Waals surface area contributed by atoms with Crippen LogP contribution in [-0.4, -0.2) is 31.4 Å². The highest BCUT2D eigenvalue weighted by atomic mass is 16.1. The minimum absolute atomic E-state index is 0.0276. The monoisotopic (exact) mass is 357 g/mol. The fraction of sp³-hybridized carbons (Fsp3) is 0.190. The number of hydrogen-bond acceptors (Lipinski definition) is 4. The number of aromatic amines is 2. The summed E-state index contributed by atoms with van der Waals surface area (Å²) in [6.07, 6.45) is 6.10. The van der Waals surface area contributed by atoms with Crippen molar-refractivity contribution in [3.05, 3.63) is 82.2 Å². The normalized spacial score (nSPS) is 14.4. The number of benzene rings is 1. The third kappa shape index (κ3) is 3.04. The molecule has 6 heteroatoms. The van der Waals surface area contributed by atoms with E-state index >= 15 is 0 Å². The molecular weight excluding hydrogens is 338 g/mol. The third-order valence-electron chi connectivity index (χ3n) is 5.13. The summed E-state index contributed by atoms with van der Waals surface area (Å²) in [5, 5.41) is 1.22. The summed E-state index contributed by atoms with van der Waals surface area (Å²) < 4.78 is 0. The van der Waals surface area contributed by atoms with Crippen molar-refractivity contribution in [1.82, 2.24) is 24.8 Å². The van der Waals surface area contributed by atoms with Crippen LogP contribution in [0.2, 0.25) is 0 Å². The molecule has 0 bridgehead atoms. The Kier molecular flexibility index (Phi) is 3.83. The molecule has 134 valence electrons. The lowest BCUT2D eigenvalue weighted by atomic mass is 10.0. The van der Waals surface area contributed by atoms with E-state index in [-0.39, 0.29) is 5.56 Å². The summed E-state index contributed by atoms with van der Waals surface area (Å²) in [6.45, 7) is 2.39. The predicted octanol–water partition coefficient (Wildman–Crippen LogP) is 2.87. The topological polar surface area (TPSA) is 77.7 Å². The molecule has 1 aliphatic rings. The van der Waals surface area contributed by atoms with Gasteiger partial charge in [0.1, 0.15) is 5.82 Å². The lowest BCUT2D eigenvalue weighted by Crippen LogP contribution is -2.35. The molecule has 1 aromatic carbocycles. The van der Waals surface area contributed by atoms with Gasteiger partial charge in [-0.1, -0.05) is 6.07 Å². The zero-order chi connectivity index (χ0) is 18.2. The Labute approximate surface area is 155 Å². The van der Waals surface area contributed by atoms with Gasteiger partial charge in [-0.25, -0.2) is 4.98 Å². The Bertz CT molecular complexity index is 1160. The van der Waals surface area contributed by atoms with E-state index in [0.29, 0.717) is 12.4 Å². The van der Waals surface area contributed by atoms with Gasteiger partial charge in [0.05, 0.1) is 5.69 Å². The van der Waals surface area contributed by atoms with Crippen molar-refractivity contribution in [3.8, 4) is 11.4 Å². The highest BCUT2D eigenvalue weighted by Crippen LogP contribution is 2.21.